The van der Waals surface area contributed by atoms with E-state index < -0.39 is 11.7 Å². The van der Waals surface area contributed by atoms with Crippen LogP contribution in [0.3, 0.4) is 0 Å². The van der Waals surface area contributed by atoms with Crippen molar-refractivity contribution < 1.29 is 14.0 Å². The van der Waals surface area contributed by atoms with Gasteiger partial charge in [-0.3, -0.25) is 9.59 Å². The van der Waals surface area contributed by atoms with E-state index in [1.807, 2.05) is 6.92 Å². The van der Waals surface area contributed by atoms with E-state index in [9.17, 15) is 14.0 Å². The zero-order valence-electron chi connectivity index (χ0n) is 13.4. The highest BCUT2D eigenvalue weighted by Crippen LogP contribution is 2.30. The molecule has 1 saturated heterocycles. The molecule has 0 aliphatic carbocycles. The van der Waals surface area contributed by atoms with Crippen LogP contribution in [0.15, 0.2) is 36.4 Å². The summed E-state index contributed by atoms with van der Waals surface area (Å²) in [7, 11) is 0. The number of halogens is 3. The summed E-state index contributed by atoms with van der Waals surface area (Å²) in [4.78, 5) is 26.3. The van der Waals surface area contributed by atoms with Gasteiger partial charge in [0.2, 0.25) is 11.8 Å². The maximum absolute atomic E-state index is 13.2. The van der Waals surface area contributed by atoms with E-state index in [-0.39, 0.29) is 29.8 Å². The number of anilines is 2. The van der Waals surface area contributed by atoms with E-state index in [1.165, 1.54) is 18.2 Å². The smallest absolute Gasteiger partial charge is 0.229 e. The molecule has 1 unspecified atom stereocenters. The highest BCUT2D eigenvalue weighted by atomic mass is 35.5. The molecule has 25 heavy (non-hydrogen) atoms. The summed E-state index contributed by atoms with van der Waals surface area (Å²) in [6.07, 6.45) is 0.114. The Hall–Kier alpha value is -2.11. The Bertz CT molecular complexity index is 857. The first-order chi connectivity index (χ1) is 11.8. The van der Waals surface area contributed by atoms with Crippen molar-refractivity contribution in [3.63, 3.8) is 0 Å². The highest BCUT2D eigenvalue weighted by Gasteiger charge is 2.35. The van der Waals surface area contributed by atoms with Crippen LogP contribution in [0.5, 0.6) is 0 Å². The van der Waals surface area contributed by atoms with Crippen LogP contribution in [-0.4, -0.2) is 18.4 Å². The van der Waals surface area contributed by atoms with Crippen molar-refractivity contribution in [3.05, 3.63) is 57.8 Å². The Morgan fingerprint density at radius 3 is 2.68 bits per heavy atom. The average Bonchev–Trinajstić information content (AvgIpc) is 2.93. The molecule has 1 aliphatic rings. The van der Waals surface area contributed by atoms with Crippen LogP contribution in [0.4, 0.5) is 15.8 Å². The van der Waals surface area contributed by atoms with Crippen molar-refractivity contribution in [1.82, 2.24) is 0 Å². The number of nitrogens with one attached hydrogen (secondary N) is 1. The van der Waals surface area contributed by atoms with Crippen LogP contribution in [0.2, 0.25) is 10.0 Å². The Morgan fingerprint density at radius 2 is 2.00 bits per heavy atom. The lowest BCUT2D eigenvalue weighted by Crippen LogP contribution is -2.28. The molecule has 3 rings (SSSR count). The molecule has 0 aromatic heterocycles. The number of hydrogen-bond donors (Lipinski definition) is 1. The van der Waals surface area contributed by atoms with E-state index in [1.54, 1.807) is 23.1 Å². The van der Waals surface area contributed by atoms with E-state index in [2.05, 4.69) is 5.32 Å². The fourth-order valence-corrected chi connectivity index (χ4v) is 3.26. The van der Waals surface area contributed by atoms with Crippen LogP contribution in [0, 0.1) is 18.7 Å². The molecule has 1 atom stereocenters. The number of aryl methyl sites for hydroxylation is 1. The molecule has 0 radical (unpaired) electrons. The second kappa shape index (κ2) is 7.02. The van der Waals surface area contributed by atoms with Gasteiger partial charge in [-0.1, -0.05) is 23.2 Å². The summed E-state index contributed by atoms with van der Waals surface area (Å²) in [6.45, 7) is 2.14. The molecule has 2 aromatic carbocycles. The van der Waals surface area contributed by atoms with Gasteiger partial charge in [-0.25, -0.2) is 4.39 Å². The SMILES string of the molecule is Cc1cc(Cl)ccc1N1CC(C(=O)Nc2ccc(F)c(Cl)c2)CC1=O. The maximum atomic E-state index is 13.2. The largest absolute Gasteiger partial charge is 0.326 e. The molecule has 130 valence electrons. The molecule has 1 heterocycles. The van der Waals surface area contributed by atoms with Crippen molar-refractivity contribution in [2.24, 2.45) is 5.92 Å². The van der Waals surface area contributed by atoms with Gasteiger partial charge in [0, 0.05) is 29.4 Å². The summed E-state index contributed by atoms with van der Waals surface area (Å²) < 4.78 is 13.2. The second-order valence-corrected chi connectivity index (χ2v) is 6.80. The van der Waals surface area contributed by atoms with E-state index in [4.69, 9.17) is 23.2 Å². The summed E-state index contributed by atoms with van der Waals surface area (Å²) >= 11 is 11.7. The molecular formula is C18H15Cl2FN2O2. The quantitative estimate of drug-likeness (QED) is 0.855. The van der Waals surface area contributed by atoms with Gasteiger partial charge in [0.25, 0.3) is 0 Å². The lowest BCUT2D eigenvalue weighted by Gasteiger charge is -2.19. The van der Waals surface area contributed by atoms with Gasteiger partial charge in [-0.15, -0.1) is 0 Å². The van der Waals surface area contributed by atoms with Crippen LogP contribution >= 0.6 is 23.2 Å². The highest BCUT2D eigenvalue weighted by molar-refractivity contribution is 6.31. The summed E-state index contributed by atoms with van der Waals surface area (Å²) in [5.74, 6) is -1.47. The lowest BCUT2D eigenvalue weighted by molar-refractivity contribution is -0.122. The molecule has 1 fully saturated rings. The summed E-state index contributed by atoms with van der Waals surface area (Å²) in [5, 5.41) is 3.20. The van der Waals surface area contributed by atoms with Gasteiger partial charge in [-0.2, -0.15) is 0 Å². The number of benzene rings is 2. The van der Waals surface area contributed by atoms with E-state index in [0.717, 1.165) is 11.3 Å². The average molecular weight is 381 g/mol. The molecule has 4 nitrogen and oxygen atoms in total. The molecule has 7 heteroatoms. The zero-order chi connectivity index (χ0) is 18.1. The Balaban J connectivity index is 1.73. The zero-order valence-corrected chi connectivity index (χ0v) is 14.9. The Morgan fingerprint density at radius 1 is 1.24 bits per heavy atom. The number of nitrogens with zero attached hydrogens (tertiary/aromatic N) is 1. The maximum Gasteiger partial charge on any atom is 0.229 e. The molecule has 1 aliphatic heterocycles. The van der Waals surface area contributed by atoms with Gasteiger partial charge in [0.15, 0.2) is 0 Å². The van der Waals surface area contributed by atoms with Gasteiger partial charge in [0.05, 0.1) is 10.9 Å². The third kappa shape index (κ3) is 3.78. The van der Waals surface area contributed by atoms with Crippen LogP contribution < -0.4 is 10.2 Å². The monoisotopic (exact) mass is 380 g/mol. The summed E-state index contributed by atoms with van der Waals surface area (Å²) in [5.41, 5.74) is 2.01. The van der Waals surface area contributed by atoms with E-state index >= 15 is 0 Å². The van der Waals surface area contributed by atoms with Crippen LogP contribution in [0.25, 0.3) is 0 Å². The van der Waals surface area contributed by atoms with Crippen molar-refractivity contribution in [2.75, 3.05) is 16.8 Å². The van der Waals surface area contributed by atoms with Crippen molar-refractivity contribution in [1.29, 1.82) is 0 Å². The van der Waals surface area contributed by atoms with Gasteiger partial charge in [-0.05, 0) is 48.9 Å². The normalized spacial score (nSPS) is 17.0. The van der Waals surface area contributed by atoms with Gasteiger partial charge >= 0.3 is 0 Å². The van der Waals surface area contributed by atoms with Crippen molar-refractivity contribution in [3.8, 4) is 0 Å². The standard InChI is InChI=1S/C18H15Cl2FN2O2/c1-10-6-12(19)2-5-16(10)23-9-11(7-17(23)24)18(25)22-13-3-4-15(21)14(20)8-13/h2-6,8,11H,7,9H2,1H3,(H,22,25). The minimum atomic E-state index is -0.555. The third-order valence-corrected chi connectivity index (χ3v) is 4.66. The lowest BCUT2D eigenvalue weighted by atomic mass is 10.1. The number of carbonyl (C=O) groups excluding carboxylic acids is 2. The predicted octanol–water partition coefficient (Wildman–Crippen LogP) is 4.43. The molecule has 2 aromatic rings. The molecule has 0 spiro atoms. The number of amides is 2. The fourth-order valence-electron chi connectivity index (χ4n) is 2.86. The second-order valence-electron chi connectivity index (χ2n) is 5.95. The molecule has 0 bridgehead atoms. The van der Waals surface area contributed by atoms with Gasteiger partial charge < -0.3 is 10.2 Å². The Kier molecular flexibility index (Phi) is 4.97. The minimum Gasteiger partial charge on any atom is -0.326 e. The molecule has 0 saturated carbocycles. The van der Waals surface area contributed by atoms with E-state index in [0.29, 0.717) is 10.7 Å². The third-order valence-electron chi connectivity index (χ3n) is 4.13. The number of carbonyl (C=O) groups is 2. The Labute approximate surface area is 154 Å². The summed E-state index contributed by atoms with van der Waals surface area (Å²) in [6, 6.07) is 9.21. The minimum absolute atomic E-state index is 0.0706. The molecular weight excluding hydrogens is 366 g/mol. The number of hydrogen-bond acceptors (Lipinski definition) is 2. The van der Waals surface area contributed by atoms with Gasteiger partial charge in [0.1, 0.15) is 5.82 Å². The first-order valence-electron chi connectivity index (χ1n) is 7.67. The topological polar surface area (TPSA) is 49.4 Å². The van der Waals surface area contributed by atoms with Crippen molar-refractivity contribution in [2.45, 2.75) is 13.3 Å². The molecule has 1 N–H and O–H groups in total. The molecule has 2 amide bonds. The van der Waals surface area contributed by atoms with Crippen LogP contribution in [0.1, 0.15) is 12.0 Å². The van der Waals surface area contributed by atoms with Crippen molar-refractivity contribution >= 4 is 46.4 Å². The number of rotatable bonds is 3. The first-order valence-corrected chi connectivity index (χ1v) is 8.43. The fraction of sp³-hybridized carbons (Fsp3) is 0.222. The predicted molar refractivity (Wildman–Crippen MR) is 96.7 cm³/mol. The van der Waals surface area contributed by atoms with Crippen LogP contribution in [-0.2, 0) is 9.59 Å². The first kappa shape index (κ1) is 17.7.